The molecule has 0 radical (unpaired) electrons. The van der Waals surface area contributed by atoms with Gasteiger partial charge in [-0.1, -0.05) is 0 Å². The lowest BCUT2D eigenvalue weighted by molar-refractivity contribution is -0.186. The van der Waals surface area contributed by atoms with Gasteiger partial charge >= 0.3 is 6.18 Å². The molecule has 0 amide bonds. The average Bonchev–Trinajstić information content (AvgIpc) is 2.37. The van der Waals surface area contributed by atoms with Crippen molar-refractivity contribution in [1.82, 2.24) is 15.1 Å². The molecule has 2 aliphatic heterocycles. The van der Waals surface area contributed by atoms with E-state index in [0.29, 0.717) is 12.8 Å². The SMILES string of the molecule is FC(F)(F)C1CCCN(CCN2CCNCC2)C1. The molecule has 2 saturated heterocycles. The molecule has 2 aliphatic rings. The molecule has 0 aromatic carbocycles. The van der Waals surface area contributed by atoms with Gasteiger partial charge in [-0.05, 0) is 19.4 Å². The molecule has 3 nitrogen and oxygen atoms in total. The van der Waals surface area contributed by atoms with Crippen LogP contribution in [0.1, 0.15) is 12.8 Å². The number of likely N-dealkylation sites (tertiary alicyclic amines) is 1. The summed E-state index contributed by atoms with van der Waals surface area (Å²) in [5.41, 5.74) is 0. The Labute approximate surface area is 106 Å². The van der Waals surface area contributed by atoms with E-state index in [1.807, 2.05) is 4.90 Å². The molecular formula is C12H22F3N3. The minimum Gasteiger partial charge on any atom is -0.314 e. The number of nitrogens with one attached hydrogen (secondary N) is 1. The van der Waals surface area contributed by atoms with E-state index < -0.39 is 12.1 Å². The van der Waals surface area contributed by atoms with Crippen molar-refractivity contribution in [3.8, 4) is 0 Å². The van der Waals surface area contributed by atoms with Crippen LogP contribution in [0.15, 0.2) is 0 Å². The van der Waals surface area contributed by atoms with Gasteiger partial charge in [0.1, 0.15) is 0 Å². The molecule has 18 heavy (non-hydrogen) atoms. The zero-order valence-corrected chi connectivity index (χ0v) is 10.7. The predicted molar refractivity (Wildman–Crippen MR) is 64.5 cm³/mol. The first kappa shape index (κ1) is 14.1. The van der Waals surface area contributed by atoms with E-state index in [1.54, 1.807) is 0 Å². The maximum absolute atomic E-state index is 12.7. The van der Waals surface area contributed by atoms with Crippen molar-refractivity contribution in [2.45, 2.75) is 19.0 Å². The largest absolute Gasteiger partial charge is 0.393 e. The monoisotopic (exact) mass is 265 g/mol. The zero-order chi connectivity index (χ0) is 13.0. The Balaban J connectivity index is 1.72. The molecule has 0 bridgehead atoms. The lowest BCUT2D eigenvalue weighted by atomic mass is 9.97. The van der Waals surface area contributed by atoms with E-state index in [-0.39, 0.29) is 6.54 Å². The second-order valence-electron chi connectivity index (χ2n) is 5.27. The smallest absolute Gasteiger partial charge is 0.314 e. The lowest BCUT2D eigenvalue weighted by Gasteiger charge is -2.35. The molecule has 0 aromatic heterocycles. The highest BCUT2D eigenvalue weighted by molar-refractivity contribution is 4.79. The number of nitrogens with zero attached hydrogens (tertiary/aromatic N) is 2. The Morgan fingerprint density at radius 1 is 1.00 bits per heavy atom. The summed E-state index contributed by atoms with van der Waals surface area (Å²) in [4.78, 5) is 4.30. The summed E-state index contributed by atoms with van der Waals surface area (Å²) in [6.07, 6.45) is -3.05. The first-order valence-corrected chi connectivity index (χ1v) is 6.78. The molecule has 2 fully saturated rings. The van der Waals surface area contributed by atoms with E-state index >= 15 is 0 Å². The Bertz CT molecular complexity index is 251. The van der Waals surface area contributed by atoms with Gasteiger partial charge in [0.25, 0.3) is 0 Å². The number of piperidine rings is 1. The van der Waals surface area contributed by atoms with Crippen LogP contribution in [0.2, 0.25) is 0 Å². The van der Waals surface area contributed by atoms with E-state index in [1.165, 1.54) is 0 Å². The van der Waals surface area contributed by atoms with Crippen molar-refractivity contribution in [2.75, 3.05) is 52.4 Å². The lowest BCUT2D eigenvalue weighted by Crippen LogP contribution is -2.48. The normalized spacial score (nSPS) is 28.5. The fraction of sp³-hybridized carbons (Fsp3) is 1.00. The molecule has 106 valence electrons. The molecule has 0 spiro atoms. The summed E-state index contributed by atoms with van der Waals surface area (Å²) < 4.78 is 38.0. The first-order chi connectivity index (χ1) is 8.55. The molecule has 0 aromatic rings. The molecule has 2 rings (SSSR count). The third-order valence-corrected chi connectivity index (χ3v) is 3.91. The standard InChI is InChI=1S/C12H22F3N3/c13-12(14,15)11-2-1-5-18(10-11)9-8-17-6-3-16-4-7-17/h11,16H,1-10H2. The van der Waals surface area contributed by atoms with Crippen molar-refractivity contribution >= 4 is 0 Å². The van der Waals surface area contributed by atoms with E-state index in [4.69, 9.17) is 0 Å². The molecule has 1 unspecified atom stereocenters. The molecule has 6 heteroatoms. The highest BCUT2D eigenvalue weighted by Crippen LogP contribution is 2.32. The Kier molecular flexibility index (Phi) is 4.86. The van der Waals surface area contributed by atoms with Crippen LogP contribution in [-0.4, -0.2) is 68.3 Å². The van der Waals surface area contributed by atoms with Crippen LogP contribution in [-0.2, 0) is 0 Å². The average molecular weight is 265 g/mol. The van der Waals surface area contributed by atoms with Crippen LogP contribution in [0, 0.1) is 5.92 Å². The maximum Gasteiger partial charge on any atom is 0.393 e. The summed E-state index contributed by atoms with van der Waals surface area (Å²) >= 11 is 0. The fourth-order valence-electron chi connectivity index (χ4n) is 2.74. The summed E-state index contributed by atoms with van der Waals surface area (Å²) in [7, 11) is 0. The molecule has 2 heterocycles. The second kappa shape index (κ2) is 6.21. The molecule has 1 N–H and O–H groups in total. The van der Waals surface area contributed by atoms with E-state index in [0.717, 1.165) is 45.8 Å². The van der Waals surface area contributed by atoms with Crippen molar-refractivity contribution in [2.24, 2.45) is 5.92 Å². The van der Waals surface area contributed by atoms with Crippen molar-refractivity contribution in [3.05, 3.63) is 0 Å². The van der Waals surface area contributed by atoms with Crippen LogP contribution in [0.5, 0.6) is 0 Å². The Hall–Kier alpha value is -0.330. The number of piperazine rings is 1. The van der Waals surface area contributed by atoms with Crippen LogP contribution in [0.25, 0.3) is 0 Å². The number of alkyl halides is 3. The fourth-order valence-corrected chi connectivity index (χ4v) is 2.74. The van der Waals surface area contributed by atoms with Gasteiger partial charge in [-0.15, -0.1) is 0 Å². The third-order valence-electron chi connectivity index (χ3n) is 3.91. The molecule has 0 saturated carbocycles. The van der Waals surface area contributed by atoms with Crippen molar-refractivity contribution in [1.29, 1.82) is 0 Å². The Morgan fingerprint density at radius 2 is 1.67 bits per heavy atom. The van der Waals surface area contributed by atoms with Gasteiger partial charge in [0, 0.05) is 45.8 Å². The van der Waals surface area contributed by atoms with Crippen LogP contribution in [0.4, 0.5) is 13.2 Å². The van der Waals surface area contributed by atoms with Crippen molar-refractivity contribution in [3.63, 3.8) is 0 Å². The summed E-state index contributed by atoms with van der Waals surface area (Å²) in [6.45, 7) is 6.68. The van der Waals surface area contributed by atoms with Gasteiger partial charge in [-0.25, -0.2) is 0 Å². The molecule has 1 atom stereocenters. The van der Waals surface area contributed by atoms with Gasteiger partial charge in [0.15, 0.2) is 0 Å². The van der Waals surface area contributed by atoms with E-state index in [9.17, 15) is 13.2 Å². The number of hydrogen-bond donors (Lipinski definition) is 1. The Morgan fingerprint density at radius 3 is 2.33 bits per heavy atom. The van der Waals surface area contributed by atoms with Gasteiger partial charge in [-0.3, -0.25) is 4.90 Å². The zero-order valence-electron chi connectivity index (χ0n) is 10.7. The number of rotatable bonds is 3. The summed E-state index contributed by atoms with van der Waals surface area (Å²) in [5.74, 6) is -1.12. The number of halogens is 3. The minimum absolute atomic E-state index is 0.190. The topological polar surface area (TPSA) is 18.5 Å². The van der Waals surface area contributed by atoms with Crippen LogP contribution >= 0.6 is 0 Å². The summed E-state index contributed by atoms with van der Waals surface area (Å²) in [5, 5.41) is 3.28. The van der Waals surface area contributed by atoms with Crippen LogP contribution in [0.3, 0.4) is 0 Å². The highest BCUT2D eigenvalue weighted by Gasteiger charge is 2.41. The van der Waals surface area contributed by atoms with Crippen molar-refractivity contribution < 1.29 is 13.2 Å². The third kappa shape index (κ3) is 4.10. The maximum atomic E-state index is 12.7. The van der Waals surface area contributed by atoms with Gasteiger partial charge in [0.2, 0.25) is 0 Å². The quantitative estimate of drug-likeness (QED) is 0.826. The first-order valence-electron chi connectivity index (χ1n) is 6.78. The van der Waals surface area contributed by atoms with E-state index in [2.05, 4.69) is 10.2 Å². The predicted octanol–water partition coefficient (Wildman–Crippen LogP) is 1.17. The molecular weight excluding hydrogens is 243 g/mol. The highest BCUT2D eigenvalue weighted by atomic mass is 19.4. The molecule has 0 aliphatic carbocycles. The second-order valence-corrected chi connectivity index (χ2v) is 5.27. The van der Waals surface area contributed by atoms with Crippen LogP contribution < -0.4 is 5.32 Å². The summed E-state index contributed by atoms with van der Waals surface area (Å²) in [6, 6.07) is 0. The van der Waals surface area contributed by atoms with Gasteiger partial charge in [0.05, 0.1) is 5.92 Å². The number of hydrogen-bond acceptors (Lipinski definition) is 3. The van der Waals surface area contributed by atoms with Gasteiger partial charge < -0.3 is 10.2 Å². The minimum atomic E-state index is -4.02. The van der Waals surface area contributed by atoms with Gasteiger partial charge in [-0.2, -0.15) is 13.2 Å².